The van der Waals surface area contributed by atoms with E-state index in [-0.39, 0.29) is 18.2 Å². The summed E-state index contributed by atoms with van der Waals surface area (Å²) in [7, 11) is -3.43. The largest absolute Gasteiger partial charge is 0.351 e. The molecule has 1 aromatic carbocycles. The van der Waals surface area contributed by atoms with Crippen LogP contribution >= 0.6 is 0 Å². The zero-order valence-electron chi connectivity index (χ0n) is 16.1. The molecule has 1 aliphatic heterocycles. The van der Waals surface area contributed by atoms with Gasteiger partial charge in [0, 0.05) is 50.7 Å². The number of carbonyl (C=O) groups excluding carboxylic acids is 1. The van der Waals surface area contributed by atoms with Crippen LogP contribution < -0.4 is 10.2 Å². The predicted molar refractivity (Wildman–Crippen MR) is 108 cm³/mol. The highest BCUT2D eigenvalue weighted by molar-refractivity contribution is 7.89. The van der Waals surface area contributed by atoms with Crippen LogP contribution in [0.1, 0.15) is 21.5 Å². The van der Waals surface area contributed by atoms with Crippen molar-refractivity contribution >= 4 is 21.9 Å². The third-order valence-electron chi connectivity index (χ3n) is 4.60. The van der Waals surface area contributed by atoms with Crippen LogP contribution in [0.15, 0.2) is 36.7 Å². The summed E-state index contributed by atoms with van der Waals surface area (Å²) in [6, 6.07) is 7.32. The Morgan fingerprint density at radius 1 is 1.04 bits per heavy atom. The van der Waals surface area contributed by atoms with Crippen LogP contribution in [-0.2, 0) is 10.0 Å². The van der Waals surface area contributed by atoms with E-state index < -0.39 is 10.0 Å². The van der Waals surface area contributed by atoms with Crippen molar-refractivity contribution in [2.45, 2.75) is 13.8 Å². The maximum absolute atomic E-state index is 12.6. The van der Waals surface area contributed by atoms with Crippen LogP contribution in [0.3, 0.4) is 0 Å². The zero-order valence-corrected chi connectivity index (χ0v) is 16.9. The summed E-state index contributed by atoms with van der Waals surface area (Å²) in [6.07, 6.45) is 3.34. The van der Waals surface area contributed by atoms with Gasteiger partial charge in [-0.05, 0) is 32.0 Å². The molecule has 0 saturated carbocycles. The quantitative estimate of drug-likeness (QED) is 0.772. The predicted octanol–water partition coefficient (Wildman–Crippen LogP) is 0.975. The number of anilines is 1. The topological polar surface area (TPSA) is 95.5 Å². The van der Waals surface area contributed by atoms with Gasteiger partial charge < -0.3 is 10.2 Å². The monoisotopic (exact) mass is 403 g/mol. The van der Waals surface area contributed by atoms with Crippen molar-refractivity contribution in [3.05, 3.63) is 53.3 Å². The zero-order chi connectivity index (χ0) is 20.1. The lowest BCUT2D eigenvalue weighted by atomic mass is 10.1. The number of benzene rings is 1. The van der Waals surface area contributed by atoms with Gasteiger partial charge in [0.1, 0.15) is 0 Å². The molecule has 28 heavy (non-hydrogen) atoms. The number of nitrogens with zero attached hydrogens (tertiary/aromatic N) is 4. The van der Waals surface area contributed by atoms with E-state index in [0.29, 0.717) is 37.7 Å². The van der Waals surface area contributed by atoms with Gasteiger partial charge in [-0.3, -0.25) is 4.79 Å². The Labute approximate surface area is 165 Å². The average Bonchev–Trinajstić information content (AvgIpc) is 2.68. The molecule has 3 rings (SSSR count). The van der Waals surface area contributed by atoms with Crippen molar-refractivity contribution in [3.63, 3.8) is 0 Å². The van der Waals surface area contributed by atoms with Gasteiger partial charge in [-0.25, -0.2) is 18.4 Å². The maximum atomic E-state index is 12.6. The van der Waals surface area contributed by atoms with E-state index in [1.807, 2.05) is 24.8 Å². The van der Waals surface area contributed by atoms with Gasteiger partial charge in [0.15, 0.2) is 0 Å². The molecule has 0 radical (unpaired) electrons. The number of rotatable bonds is 6. The Kier molecular flexibility index (Phi) is 6.25. The lowest BCUT2D eigenvalue weighted by Crippen LogP contribution is -2.50. The lowest BCUT2D eigenvalue weighted by Gasteiger charge is -2.33. The highest BCUT2D eigenvalue weighted by Crippen LogP contribution is 2.13. The minimum atomic E-state index is -3.43. The molecule has 1 fully saturated rings. The van der Waals surface area contributed by atoms with Crippen molar-refractivity contribution in [2.75, 3.05) is 43.4 Å². The Morgan fingerprint density at radius 3 is 2.25 bits per heavy atom. The van der Waals surface area contributed by atoms with Crippen LogP contribution in [0.25, 0.3) is 0 Å². The highest BCUT2D eigenvalue weighted by atomic mass is 32.2. The number of sulfonamides is 1. The van der Waals surface area contributed by atoms with Gasteiger partial charge in [0.05, 0.1) is 5.75 Å². The summed E-state index contributed by atoms with van der Waals surface area (Å²) in [4.78, 5) is 22.6. The van der Waals surface area contributed by atoms with Crippen molar-refractivity contribution in [1.29, 1.82) is 0 Å². The van der Waals surface area contributed by atoms with E-state index >= 15 is 0 Å². The first kappa shape index (κ1) is 20.2. The molecular formula is C19H25N5O3S. The molecule has 0 spiro atoms. The second kappa shape index (κ2) is 8.66. The number of amides is 1. The molecule has 8 nitrogen and oxygen atoms in total. The number of hydrogen-bond acceptors (Lipinski definition) is 6. The molecule has 0 unspecified atom stereocenters. The molecular weight excluding hydrogens is 378 g/mol. The second-order valence-electron chi connectivity index (χ2n) is 6.88. The summed E-state index contributed by atoms with van der Waals surface area (Å²) in [5.74, 6) is 0.235. The van der Waals surface area contributed by atoms with E-state index in [2.05, 4.69) is 15.3 Å². The SMILES string of the molecule is Cc1cc(C)cc(C(=O)NCCS(=O)(=O)N2CCN(c3ncccn3)CC2)c1. The van der Waals surface area contributed by atoms with E-state index in [4.69, 9.17) is 0 Å². The van der Waals surface area contributed by atoms with Gasteiger partial charge in [0.2, 0.25) is 16.0 Å². The molecule has 1 aliphatic rings. The lowest BCUT2D eigenvalue weighted by molar-refractivity contribution is 0.0956. The van der Waals surface area contributed by atoms with Crippen molar-refractivity contribution in [1.82, 2.24) is 19.6 Å². The minimum absolute atomic E-state index is 0.0795. The van der Waals surface area contributed by atoms with Gasteiger partial charge in [0.25, 0.3) is 5.91 Å². The highest BCUT2D eigenvalue weighted by Gasteiger charge is 2.27. The fourth-order valence-corrected chi connectivity index (χ4v) is 4.59. The minimum Gasteiger partial charge on any atom is -0.351 e. The summed E-state index contributed by atoms with van der Waals surface area (Å²) >= 11 is 0. The molecule has 2 heterocycles. The number of nitrogens with one attached hydrogen (secondary N) is 1. The number of carbonyl (C=O) groups is 1. The first-order valence-electron chi connectivity index (χ1n) is 9.21. The molecule has 0 aliphatic carbocycles. The Bertz CT molecular complexity index is 906. The van der Waals surface area contributed by atoms with Crippen LogP contribution in [0.4, 0.5) is 5.95 Å². The van der Waals surface area contributed by atoms with E-state index in [1.54, 1.807) is 30.6 Å². The fourth-order valence-electron chi connectivity index (χ4n) is 3.25. The summed E-state index contributed by atoms with van der Waals surface area (Å²) in [6.45, 7) is 5.77. The maximum Gasteiger partial charge on any atom is 0.251 e. The smallest absolute Gasteiger partial charge is 0.251 e. The van der Waals surface area contributed by atoms with Gasteiger partial charge >= 0.3 is 0 Å². The molecule has 1 amide bonds. The molecule has 9 heteroatoms. The van der Waals surface area contributed by atoms with Gasteiger partial charge in [-0.15, -0.1) is 0 Å². The van der Waals surface area contributed by atoms with Crippen LogP contribution in [-0.4, -0.2) is 67.1 Å². The Balaban J connectivity index is 1.50. The molecule has 2 aromatic rings. The first-order valence-corrected chi connectivity index (χ1v) is 10.8. The van der Waals surface area contributed by atoms with Crippen LogP contribution in [0, 0.1) is 13.8 Å². The summed E-state index contributed by atoms with van der Waals surface area (Å²) < 4.78 is 26.6. The summed E-state index contributed by atoms with van der Waals surface area (Å²) in [5, 5.41) is 2.71. The molecule has 1 aromatic heterocycles. The molecule has 150 valence electrons. The number of aryl methyl sites for hydroxylation is 2. The van der Waals surface area contributed by atoms with Crippen molar-refractivity contribution in [2.24, 2.45) is 0 Å². The first-order chi connectivity index (χ1) is 13.3. The van der Waals surface area contributed by atoms with E-state index in [9.17, 15) is 13.2 Å². The average molecular weight is 404 g/mol. The molecule has 0 atom stereocenters. The normalized spacial score (nSPS) is 15.4. The fraction of sp³-hybridized carbons (Fsp3) is 0.421. The van der Waals surface area contributed by atoms with Crippen LogP contribution in [0.2, 0.25) is 0 Å². The number of aromatic nitrogens is 2. The second-order valence-corrected chi connectivity index (χ2v) is 8.97. The molecule has 0 bridgehead atoms. The third kappa shape index (κ3) is 5.05. The molecule has 1 saturated heterocycles. The third-order valence-corrected chi connectivity index (χ3v) is 6.47. The van der Waals surface area contributed by atoms with E-state index in [1.165, 1.54) is 4.31 Å². The number of piperazine rings is 1. The Hall–Kier alpha value is -2.52. The standard InChI is InChI=1S/C19H25N5O3S/c1-15-12-16(2)14-17(13-15)18(25)20-6-11-28(26,27)24-9-7-23(8-10-24)19-21-4-3-5-22-19/h3-5,12-14H,6-11H2,1-2H3,(H,20,25). The summed E-state index contributed by atoms with van der Waals surface area (Å²) in [5.41, 5.74) is 2.54. The number of hydrogen-bond donors (Lipinski definition) is 1. The van der Waals surface area contributed by atoms with Crippen LogP contribution in [0.5, 0.6) is 0 Å². The van der Waals surface area contributed by atoms with Gasteiger partial charge in [-0.2, -0.15) is 4.31 Å². The Morgan fingerprint density at radius 2 is 1.64 bits per heavy atom. The van der Waals surface area contributed by atoms with Crippen molar-refractivity contribution in [3.8, 4) is 0 Å². The van der Waals surface area contributed by atoms with E-state index in [0.717, 1.165) is 11.1 Å². The van der Waals surface area contributed by atoms with Crippen molar-refractivity contribution < 1.29 is 13.2 Å². The molecule has 1 N–H and O–H groups in total. The van der Waals surface area contributed by atoms with Gasteiger partial charge in [-0.1, -0.05) is 17.2 Å².